The molecule has 4 rings (SSSR count). The molecule has 1 aliphatic rings. The number of aromatic amines is 1. The summed E-state index contributed by atoms with van der Waals surface area (Å²) in [7, 11) is 0. The lowest BCUT2D eigenvalue weighted by molar-refractivity contribution is 0.0699. The average Bonchev–Trinajstić information content (AvgIpc) is 2.98. The maximum atomic E-state index is 11.3. The Morgan fingerprint density at radius 1 is 1.16 bits per heavy atom. The lowest BCUT2D eigenvalue weighted by Gasteiger charge is -2.25. The van der Waals surface area contributed by atoms with Crippen molar-refractivity contribution < 1.29 is 9.90 Å². The first-order chi connectivity index (χ1) is 12.1. The van der Waals surface area contributed by atoms with Crippen LogP contribution in [0, 0.1) is 0 Å². The summed E-state index contributed by atoms with van der Waals surface area (Å²) in [4.78, 5) is 14.3. The van der Waals surface area contributed by atoms with Gasteiger partial charge in [0.1, 0.15) is 0 Å². The van der Waals surface area contributed by atoms with Crippen LogP contribution >= 0.6 is 11.6 Å². The van der Waals surface area contributed by atoms with Crippen molar-refractivity contribution in [1.29, 1.82) is 0 Å². The zero-order chi connectivity index (χ0) is 18.0. The van der Waals surface area contributed by atoms with Crippen molar-refractivity contribution in [2.24, 2.45) is 0 Å². The minimum absolute atomic E-state index is 0.268. The van der Waals surface area contributed by atoms with Crippen molar-refractivity contribution in [2.45, 2.75) is 39.0 Å². The van der Waals surface area contributed by atoms with Crippen LogP contribution in [0.4, 0.5) is 0 Å². The highest BCUT2D eigenvalue weighted by molar-refractivity contribution is 6.34. The Hall–Kier alpha value is -2.26. The lowest BCUT2D eigenvalue weighted by atomic mass is 9.80. The molecule has 4 heteroatoms. The van der Waals surface area contributed by atoms with E-state index in [9.17, 15) is 9.90 Å². The van der Waals surface area contributed by atoms with E-state index < -0.39 is 5.97 Å². The van der Waals surface area contributed by atoms with Gasteiger partial charge in [-0.15, -0.1) is 0 Å². The van der Waals surface area contributed by atoms with Crippen LogP contribution in [-0.2, 0) is 0 Å². The van der Waals surface area contributed by atoms with Crippen molar-refractivity contribution in [1.82, 2.24) is 4.98 Å². The molecule has 3 aromatic rings. The van der Waals surface area contributed by atoms with Gasteiger partial charge in [0, 0.05) is 22.7 Å². The molecule has 0 bridgehead atoms. The lowest BCUT2D eigenvalue weighted by Crippen LogP contribution is -2.08. The fourth-order valence-electron chi connectivity index (χ4n) is 3.22. The average molecular weight is 356 g/mol. The van der Waals surface area contributed by atoms with Crippen LogP contribution in [0.2, 0.25) is 5.02 Å². The van der Waals surface area contributed by atoms with Crippen LogP contribution in [0.3, 0.4) is 0 Å². The third-order valence-electron chi connectivity index (χ3n) is 4.80. The van der Waals surface area contributed by atoms with Crippen molar-refractivity contribution >= 4 is 28.5 Å². The molecular weight excluding hydrogens is 334 g/mol. The minimum atomic E-state index is -0.940. The predicted molar refractivity (Wildman–Crippen MR) is 104 cm³/mol. The monoisotopic (exact) mass is 355 g/mol. The van der Waals surface area contributed by atoms with Gasteiger partial charge in [0.2, 0.25) is 0 Å². The second-order valence-corrected chi connectivity index (χ2v) is 6.54. The van der Waals surface area contributed by atoms with Gasteiger partial charge in [0.25, 0.3) is 0 Å². The molecule has 1 heterocycles. The molecule has 1 saturated carbocycles. The molecule has 0 radical (unpaired) electrons. The minimum Gasteiger partial charge on any atom is -0.478 e. The Morgan fingerprint density at radius 3 is 2.40 bits per heavy atom. The molecule has 25 heavy (non-hydrogen) atoms. The summed E-state index contributed by atoms with van der Waals surface area (Å²) in [5, 5.41) is 10.6. The summed E-state index contributed by atoms with van der Waals surface area (Å²) in [6.07, 6.45) is 5.38. The molecule has 0 unspecified atom stereocenters. The third-order valence-corrected chi connectivity index (χ3v) is 5.11. The van der Waals surface area contributed by atoms with E-state index in [0.717, 1.165) is 16.6 Å². The molecule has 0 amide bonds. The topological polar surface area (TPSA) is 53.1 Å². The zero-order valence-electron chi connectivity index (χ0n) is 14.5. The maximum Gasteiger partial charge on any atom is 0.337 e. The summed E-state index contributed by atoms with van der Waals surface area (Å²) in [5.41, 5.74) is 4.26. The third kappa shape index (κ3) is 3.29. The van der Waals surface area contributed by atoms with Crippen LogP contribution in [0.5, 0.6) is 0 Å². The first-order valence-electron chi connectivity index (χ1n) is 8.78. The van der Waals surface area contributed by atoms with Crippen LogP contribution in [0.1, 0.15) is 54.9 Å². The fourth-order valence-corrected chi connectivity index (χ4v) is 3.49. The first-order valence-corrected chi connectivity index (χ1v) is 9.15. The normalized spacial score (nSPS) is 13.9. The van der Waals surface area contributed by atoms with Crippen LogP contribution in [-0.4, -0.2) is 16.1 Å². The van der Waals surface area contributed by atoms with Crippen molar-refractivity contribution in [2.75, 3.05) is 0 Å². The molecule has 0 saturated heterocycles. The molecule has 0 atom stereocenters. The molecule has 130 valence electrons. The number of hydrogen-bond donors (Lipinski definition) is 2. The number of benzene rings is 2. The van der Waals surface area contributed by atoms with Gasteiger partial charge in [0.05, 0.1) is 10.6 Å². The quantitative estimate of drug-likeness (QED) is 0.564. The number of aromatic carboxylic acids is 1. The maximum absolute atomic E-state index is 11.3. The fraction of sp³-hybridized carbons (Fsp3) is 0.286. The Kier molecular flexibility index (Phi) is 5.14. The van der Waals surface area contributed by atoms with E-state index in [4.69, 9.17) is 11.6 Å². The molecule has 1 aliphatic carbocycles. The molecule has 1 aromatic heterocycles. The van der Waals surface area contributed by atoms with Crippen molar-refractivity contribution in [3.63, 3.8) is 0 Å². The summed E-state index contributed by atoms with van der Waals surface area (Å²) in [6.45, 7) is 4.00. The van der Waals surface area contributed by atoms with Crippen LogP contribution in [0.25, 0.3) is 22.0 Å². The van der Waals surface area contributed by atoms with E-state index in [1.807, 2.05) is 19.9 Å². The summed E-state index contributed by atoms with van der Waals surface area (Å²) in [6, 6.07) is 12.1. The van der Waals surface area contributed by atoms with E-state index in [-0.39, 0.29) is 5.56 Å². The van der Waals surface area contributed by atoms with Gasteiger partial charge in [-0.3, -0.25) is 0 Å². The van der Waals surface area contributed by atoms with Crippen molar-refractivity contribution in [3.8, 4) is 11.1 Å². The van der Waals surface area contributed by atoms with Gasteiger partial charge in [-0.2, -0.15) is 0 Å². The second kappa shape index (κ2) is 7.32. The number of nitrogens with one attached hydrogen (secondary N) is 1. The number of aromatic nitrogens is 1. The van der Waals surface area contributed by atoms with Crippen LogP contribution < -0.4 is 0 Å². The number of carboxylic acids is 1. The first kappa shape index (κ1) is 17.6. The van der Waals surface area contributed by atoms with Gasteiger partial charge in [-0.05, 0) is 42.0 Å². The number of hydrogen-bond acceptors (Lipinski definition) is 1. The summed E-state index contributed by atoms with van der Waals surface area (Å²) in [5.74, 6) is -0.241. The molecule has 3 nitrogen and oxygen atoms in total. The number of rotatable bonds is 3. The van der Waals surface area contributed by atoms with Gasteiger partial charge < -0.3 is 10.1 Å². The Morgan fingerprint density at radius 2 is 1.84 bits per heavy atom. The number of fused-ring (bicyclic) bond motifs is 1. The van der Waals surface area contributed by atoms with E-state index in [1.54, 1.807) is 6.07 Å². The van der Waals surface area contributed by atoms with E-state index >= 15 is 0 Å². The van der Waals surface area contributed by atoms with E-state index in [0.29, 0.717) is 16.3 Å². The standard InChI is InChI=1S/C19H16ClNO2.C2H6/c20-17-9-18-15(16(10-21-18)19(22)23)8-14(17)13-6-4-12(5-7-13)11-2-1-3-11;1-2/h4-11,21H,1-3H2,(H,22,23);1-2H3. The Balaban J connectivity index is 0.000000880. The SMILES string of the molecule is CC.O=C(O)c1c[nH]c2cc(Cl)c(-c3ccc(C4CCC4)cc3)cc12. The number of carbonyl (C=O) groups is 1. The molecule has 2 aromatic carbocycles. The second-order valence-electron chi connectivity index (χ2n) is 6.13. The van der Waals surface area contributed by atoms with E-state index in [1.165, 1.54) is 31.0 Å². The zero-order valence-corrected chi connectivity index (χ0v) is 15.2. The van der Waals surface area contributed by atoms with Crippen LogP contribution in [0.15, 0.2) is 42.6 Å². The van der Waals surface area contributed by atoms with E-state index in [2.05, 4.69) is 29.2 Å². The van der Waals surface area contributed by atoms with Gasteiger partial charge in [-0.25, -0.2) is 4.79 Å². The summed E-state index contributed by atoms with van der Waals surface area (Å²) < 4.78 is 0. The van der Waals surface area contributed by atoms with Gasteiger partial charge >= 0.3 is 5.97 Å². The predicted octanol–water partition coefficient (Wildman–Crippen LogP) is 6.48. The molecule has 0 spiro atoms. The van der Waals surface area contributed by atoms with Gasteiger partial charge in [0.15, 0.2) is 0 Å². The van der Waals surface area contributed by atoms with Gasteiger partial charge in [-0.1, -0.05) is 56.1 Å². The number of carboxylic acid groups (broad SMARTS) is 1. The smallest absolute Gasteiger partial charge is 0.337 e. The Bertz CT molecular complexity index is 892. The largest absolute Gasteiger partial charge is 0.478 e. The summed E-state index contributed by atoms with van der Waals surface area (Å²) >= 11 is 6.40. The molecular formula is C21H22ClNO2. The number of H-pyrrole nitrogens is 1. The molecule has 0 aliphatic heterocycles. The number of halogens is 1. The van der Waals surface area contributed by atoms with Crippen molar-refractivity contribution in [3.05, 3.63) is 58.7 Å². The molecule has 1 fully saturated rings. The highest BCUT2D eigenvalue weighted by Crippen LogP contribution is 2.38. The Labute approximate surface area is 152 Å². The molecule has 2 N–H and O–H groups in total. The highest BCUT2D eigenvalue weighted by Gasteiger charge is 2.19. The highest BCUT2D eigenvalue weighted by atomic mass is 35.5.